The molecule has 0 unspecified atom stereocenters. The van der Waals surface area contributed by atoms with Gasteiger partial charge in [0, 0.05) is 19.8 Å². The number of hydrogen-bond donors (Lipinski definition) is 1. The fourth-order valence-corrected chi connectivity index (χ4v) is 1.61. The molecule has 6 nitrogen and oxygen atoms in total. The van der Waals surface area contributed by atoms with Crippen molar-refractivity contribution < 1.29 is 0 Å². The van der Waals surface area contributed by atoms with Crippen molar-refractivity contribution in [1.82, 2.24) is 14.5 Å². The minimum absolute atomic E-state index is 0.153. The Bertz CT molecular complexity index is 643. The van der Waals surface area contributed by atoms with Crippen LogP contribution in [0.15, 0.2) is 24.7 Å². The second-order valence-corrected chi connectivity index (χ2v) is 3.59. The molecule has 0 aliphatic rings. The van der Waals surface area contributed by atoms with Crippen molar-refractivity contribution in [2.45, 2.75) is 6.54 Å². The molecule has 0 fully saturated rings. The van der Waals surface area contributed by atoms with Gasteiger partial charge in [-0.2, -0.15) is 10.5 Å². The Hall–Kier alpha value is -2.86. The lowest BCUT2D eigenvalue weighted by Crippen LogP contribution is -2.02. The van der Waals surface area contributed by atoms with Crippen LogP contribution in [0.3, 0.4) is 0 Å². The zero-order chi connectivity index (χ0) is 13.0. The van der Waals surface area contributed by atoms with Gasteiger partial charge in [-0.05, 0) is 17.7 Å². The Kier molecular flexibility index (Phi) is 3.22. The summed E-state index contributed by atoms with van der Waals surface area (Å²) in [4.78, 5) is 8.00. The molecular formula is C12H10N6. The van der Waals surface area contributed by atoms with Gasteiger partial charge in [0.2, 0.25) is 0 Å². The maximum Gasteiger partial charge on any atom is 0.176 e. The summed E-state index contributed by atoms with van der Waals surface area (Å²) in [7, 11) is 1.79. The lowest BCUT2D eigenvalue weighted by Gasteiger charge is -2.05. The lowest BCUT2D eigenvalue weighted by atomic mass is 10.2. The summed E-state index contributed by atoms with van der Waals surface area (Å²) in [6.45, 7) is 0.481. The molecule has 0 atom stereocenters. The Morgan fingerprint density at radius 3 is 2.83 bits per heavy atom. The van der Waals surface area contributed by atoms with E-state index >= 15 is 0 Å². The minimum Gasteiger partial charge on any atom is -0.373 e. The van der Waals surface area contributed by atoms with Crippen LogP contribution in [0, 0.1) is 22.7 Å². The third-order valence-corrected chi connectivity index (χ3v) is 2.48. The third kappa shape index (κ3) is 2.13. The van der Waals surface area contributed by atoms with E-state index in [0.29, 0.717) is 6.54 Å². The number of anilines is 1. The van der Waals surface area contributed by atoms with Crippen LogP contribution in [-0.2, 0) is 6.54 Å². The van der Waals surface area contributed by atoms with Crippen LogP contribution >= 0.6 is 0 Å². The van der Waals surface area contributed by atoms with Gasteiger partial charge < -0.3 is 9.88 Å². The maximum atomic E-state index is 9.01. The average molecular weight is 238 g/mol. The standard InChI is InChI=1S/C12H10N6/c1-15-12-4-9(2-3-16-12)7-18-8-17-10(5-13)11(18)6-14/h2-4,8H,7H2,1H3,(H,15,16). The first-order valence-electron chi connectivity index (χ1n) is 5.26. The number of rotatable bonds is 3. The minimum atomic E-state index is 0.153. The summed E-state index contributed by atoms with van der Waals surface area (Å²) in [6, 6.07) is 7.62. The third-order valence-electron chi connectivity index (χ3n) is 2.48. The molecule has 0 aliphatic carbocycles. The summed E-state index contributed by atoms with van der Waals surface area (Å²) in [6.07, 6.45) is 3.19. The molecular weight excluding hydrogens is 228 g/mol. The number of aromatic nitrogens is 3. The number of nitriles is 2. The molecule has 0 amide bonds. The van der Waals surface area contributed by atoms with E-state index in [-0.39, 0.29) is 11.4 Å². The van der Waals surface area contributed by atoms with E-state index in [9.17, 15) is 0 Å². The van der Waals surface area contributed by atoms with E-state index in [0.717, 1.165) is 11.4 Å². The molecule has 0 saturated carbocycles. The number of hydrogen-bond acceptors (Lipinski definition) is 5. The van der Waals surface area contributed by atoms with E-state index in [1.807, 2.05) is 24.3 Å². The first-order valence-corrected chi connectivity index (χ1v) is 5.26. The predicted octanol–water partition coefficient (Wildman–Crippen LogP) is 1.11. The summed E-state index contributed by atoms with van der Waals surface area (Å²) < 4.78 is 1.65. The van der Waals surface area contributed by atoms with Gasteiger partial charge in [-0.25, -0.2) is 9.97 Å². The normalized spacial score (nSPS) is 9.50. The van der Waals surface area contributed by atoms with E-state index in [2.05, 4.69) is 15.3 Å². The highest BCUT2D eigenvalue weighted by Crippen LogP contribution is 2.11. The van der Waals surface area contributed by atoms with Crippen molar-refractivity contribution in [3.63, 3.8) is 0 Å². The second-order valence-electron chi connectivity index (χ2n) is 3.59. The first kappa shape index (κ1) is 11.6. The summed E-state index contributed by atoms with van der Waals surface area (Å²) in [5.41, 5.74) is 1.41. The van der Waals surface area contributed by atoms with Crippen LogP contribution < -0.4 is 5.32 Å². The Morgan fingerprint density at radius 1 is 1.33 bits per heavy atom. The second kappa shape index (κ2) is 4.98. The molecule has 2 aromatic heterocycles. The van der Waals surface area contributed by atoms with Gasteiger partial charge in [-0.1, -0.05) is 0 Å². The van der Waals surface area contributed by atoms with Crippen LogP contribution in [-0.4, -0.2) is 21.6 Å². The highest BCUT2D eigenvalue weighted by molar-refractivity contribution is 5.39. The van der Waals surface area contributed by atoms with Crippen molar-refractivity contribution in [3.8, 4) is 12.1 Å². The van der Waals surface area contributed by atoms with Gasteiger partial charge in [0.15, 0.2) is 11.4 Å². The molecule has 6 heteroatoms. The molecule has 0 aromatic carbocycles. The number of imidazole rings is 1. The predicted molar refractivity (Wildman–Crippen MR) is 64.5 cm³/mol. The van der Waals surface area contributed by atoms with Gasteiger partial charge in [-0.15, -0.1) is 0 Å². The number of nitrogens with zero attached hydrogens (tertiary/aromatic N) is 5. The number of pyridine rings is 1. The monoisotopic (exact) mass is 238 g/mol. The van der Waals surface area contributed by atoms with E-state index in [1.54, 1.807) is 17.8 Å². The van der Waals surface area contributed by atoms with E-state index in [4.69, 9.17) is 10.5 Å². The molecule has 2 rings (SSSR count). The quantitative estimate of drug-likeness (QED) is 0.865. The van der Waals surface area contributed by atoms with Crippen LogP contribution in [0.1, 0.15) is 17.0 Å². The molecule has 1 N–H and O–H groups in total. The van der Waals surface area contributed by atoms with Crippen LogP contribution in [0.5, 0.6) is 0 Å². The Morgan fingerprint density at radius 2 is 2.17 bits per heavy atom. The topological polar surface area (TPSA) is 90.3 Å². The zero-order valence-corrected chi connectivity index (χ0v) is 9.75. The fourth-order valence-electron chi connectivity index (χ4n) is 1.61. The molecule has 2 heterocycles. The van der Waals surface area contributed by atoms with E-state index < -0.39 is 0 Å². The summed E-state index contributed by atoms with van der Waals surface area (Å²) in [5, 5.41) is 20.8. The number of nitrogens with one attached hydrogen (secondary N) is 1. The maximum absolute atomic E-state index is 9.01. The van der Waals surface area contributed by atoms with Gasteiger partial charge in [0.05, 0.1) is 6.33 Å². The van der Waals surface area contributed by atoms with Crippen LogP contribution in [0.2, 0.25) is 0 Å². The SMILES string of the molecule is CNc1cc(Cn2cnc(C#N)c2C#N)ccn1. The molecule has 2 aromatic rings. The van der Waals surface area contributed by atoms with Crippen LogP contribution in [0.4, 0.5) is 5.82 Å². The molecule has 88 valence electrons. The molecule has 18 heavy (non-hydrogen) atoms. The highest BCUT2D eigenvalue weighted by Gasteiger charge is 2.10. The Balaban J connectivity index is 2.32. The van der Waals surface area contributed by atoms with E-state index in [1.165, 1.54) is 6.33 Å². The molecule has 0 saturated heterocycles. The summed E-state index contributed by atoms with van der Waals surface area (Å²) >= 11 is 0. The molecule has 0 radical (unpaired) electrons. The van der Waals surface area contributed by atoms with Gasteiger partial charge in [-0.3, -0.25) is 0 Å². The van der Waals surface area contributed by atoms with Gasteiger partial charge in [0.1, 0.15) is 18.0 Å². The van der Waals surface area contributed by atoms with Crippen molar-refractivity contribution in [2.24, 2.45) is 0 Å². The lowest BCUT2D eigenvalue weighted by molar-refractivity contribution is 0.784. The molecule has 0 spiro atoms. The zero-order valence-electron chi connectivity index (χ0n) is 9.75. The van der Waals surface area contributed by atoms with Crippen molar-refractivity contribution >= 4 is 5.82 Å². The fraction of sp³-hybridized carbons (Fsp3) is 0.167. The highest BCUT2D eigenvalue weighted by atomic mass is 15.1. The summed E-state index contributed by atoms with van der Waals surface area (Å²) in [5.74, 6) is 0.756. The van der Waals surface area contributed by atoms with Crippen molar-refractivity contribution in [1.29, 1.82) is 10.5 Å². The smallest absolute Gasteiger partial charge is 0.176 e. The van der Waals surface area contributed by atoms with Gasteiger partial charge >= 0.3 is 0 Å². The van der Waals surface area contributed by atoms with Gasteiger partial charge in [0.25, 0.3) is 0 Å². The molecule has 0 bridgehead atoms. The molecule has 0 aliphatic heterocycles. The van der Waals surface area contributed by atoms with Crippen molar-refractivity contribution in [2.75, 3.05) is 12.4 Å². The largest absolute Gasteiger partial charge is 0.373 e. The van der Waals surface area contributed by atoms with Crippen LogP contribution in [0.25, 0.3) is 0 Å². The Labute approximate surface area is 104 Å². The average Bonchev–Trinajstić information content (AvgIpc) is 2.80. The van der Waals surface area contributed by atoms with Crippen molar-refractivity contribution in [3.05, 3.63) is 41.6 Å². The first-order chi connectivity index (χ1) is 8.78.